The van der Waals surface area contributed by atoms with E-state index in [-0.39, 0.29) is 22.5 Å². The Morgan fingerprint density at radius 1 is 1.11 bits per heavy atom. The van der Waals surface area contributed by atoms with Gasteiger partial charge >= 0.3 is 0 Å². The molecule has 2 rings (SSSR count). The first-order chi connectivity index (χ1) is 8.99. The van der Waals surface area contributed by atoms with E-state index >= 15 is 0 Å². The minimum absolute atomic E-state index is 0.0133. The van der Waals surface area contributed by atoms with Crippen LogP contribution in [0.2, 0.25) is 0 Å². The third kappa shape index (κ3) is 2.57. The number of nitrogen functional groups attached to an aromatic ring is 1. The van der Waals surface area contributed by atoms with Crippen molar-refractivity contribution in [1.29, 1.82) is 0 Å². The quantitative estimate of drug-likeness (QED) is 0.397. The van der Waals surface area contributed by atoms with Gasteiger partial charge in [0.25, 0.3) is 5.69 Å². The number of nitrogens with two attached hydrogens (primary N) is 1. The second-order valence-electron chi connectivity index (χ2n) is 3.87. The zero-order chi connectivity index (χ0) is 14.0. The van der Waals surface area contributed by atoms with Crippen molar-refractivity contribution in [2.45, 2.75) is 0 Å². The molecule has 2 aromatic rings. The molecule has 0 amide bonds. The molecule has 0 aliphatic carbocycles. The van der Waals surface area contributed by atoms with E-state index in [0.717, 1.165) is 18.2 Å². The SMILES string of the molecule is Nc1ccc(C(=O)c2ccc(F)cc2)cc1[N+](=O)[O-]. The lowest BCUT2D eigenvalue weighted by Gasteiger charge is -2.03. The van der Waals surface area contributed by atoms with Gasteiger partial charge in [0.15, 0.2) is 5.78 Å². The maximum Gasteiger partial charge on any atom is 0.292 e. The van der Waals surface area contributed by atoms with Gasteiger partial charge in [0, 0.05) is 17.2 Å². The molecule has 0 unspecified atom stereocenters. The number of hydrogen-bond acceptors (Lipinski definition) is 4. The highest BCUT2D eigenvalue weighted by Gasteiger charge is 2.16. The molecule has 0 saturated carbocycles. The Kier molecular flexibility index (Phi) is 3.24. The highest BCUT2D eigenvalue weighted by atomic mass is 19.1. The van der Waals surface area contributed by atoms with Crippen LogP contribution in [0.4, 0.5) is 15.8 Å². The summed E-state index contributed by atoms with van der Waals surface area (Å²) in [6.07, 6.45) is 0. The van der Waals surface area contributed by atoms with Crippen LogP contribution in [-0.2, 0) is 0 Å². The van der Waals surface area contributed by atoms with Crippen molar-refractivity contribution in [3.8, 4) is 0 Å². The van der Waals surface area contributed by atoms with Crippen LogP contribution in [0.5, 0.6) is 0 Å². The summed E-state index contributed by atoms with van der Waals surface area (Å²) in [6.45, 7) is 0. The minimum Gasteiger partial charge on any atom is -0.393 e. The maximum atomic E-state index is 12.8. The number of carbonyl (C=O) groups is 1. The number of halogens is 1. The Labute approximate surface area is 107 Å². The van der Waals surface area contributed by atoms with E-state index in [1.165, 1.54) is 24.3 Å². The summed E-state index contributed by atoms with van der Waals surface area (Å²) in [5, 5.41) is 10.7. The van der Waals surface area contributed by atoms with Gasteiger partial charge in [0.2, 0.25) is 0 Å². The number of nitrogens with zero attached hydrogens (tertiary/aromatic N) is 1. The third-order valence-electron chi connectivity index (χ3n) is 2.60. The summed E-state index contributed by atoms with van der Waals surface area (Å²) < 4.78 is 12.8. The van der Waals surface area contributed by atoms with Gasteiger partial charge in [-0.2, -0.15) is 0 Å². The molecular formula is C13H9FN2O3. The van der Waals surface area contributed by atoms with Crippen LogP contribution in [0.3, 0.4) is 0 Å². The van der Waals surface area contributed by atoms with Crippen LogP contribution >= 0.6 is 0 Å². The maximum absolute atomic E-state index is 12.8. The number of hydrogen-bond donors (Lipinski definition) is 1. The van der Waals surface area contributed by atoms with Gasteiger partial charge in [-0.3, -0.25) is 14.9 Å². The van der Waals surface area contributed by atoms with E-state index in [1.54, 1.807) is 0 Å². The summed E-state index contributed by atoms with van der Waals surface area (Å²) in [5.74, 6) is -0.886. The number of nitro benzene ring substituents is 1. The number of carbonyl (C=O) groups excluding carboxylic acids is 1. The average Bonchev–Trinajstić information content (AvgIpc) is 2.39. The Bertz CT molecular complexity index is 653. The fourth-order valence-corrected chi connectivity index (χ4v) is 1.61. The Balaban J connectivity index is 2.42. The normalized spacial score (nSPS) is 10.2. The number of ketones is 1. The van der Waals surface area contributed by atoms with Gasteiger partial charge in [0.1, 0.15) is 11.5 Å². The topological polar surface area (TPSA) is 86.2 Å². The van der Waals surface area contributed by atoms with Gasteiger partial charge in [-0.05, 0) is 36.4 Å². The molecule has 19 heavy (non-hydrogen) atoms. The van der Waals surface area contributed by atoms with Crippen molar-refractivity contribution >= 4 is 17.2 Å². The highest BCUT2D eigenvalue weighted by Crippen LogP contribution is 2.23. The molecule has 6 heteroatoms. The summed E-state index contributed by atoms with van der Waals surface area (Å²) in [7, 11) is 0. The minimum atomic E-state index is -0.656. The van der Waals surface area contributed by atoms with Gasteiger partial charge < -0.3 is 5.73 Å². The first-order valence-electron chi connectivity index (χ1n) is 5.33. The molecule has 0 saturated heterocycles. The lowest BCUT2D eigenvalue weighted by Crippen LogP contribution is -2.04. The second-order valence-corrected chi connectivity index (χ2v) is 3.87. The van der Waals surface area contributed by atoms with Crippen molar-refractivity contribution in [1.82, 2.24) is 0 Å². The van der Waals surface area contributed by atoms with E-state index in [1.807, 2.05) is 0 Å². The fraction of sp³-hybridized carbons (Fsp3) is 0. The zero-order valence-electron chi connectivity index (χ0n) is 9.67. The standard InChI is InChI=1S/C13H9FN2O3/c14-10-4-1-8(2-5-10)13(17)9-3-6-11(15)12(7-9)16(18)19/h1-7H,15H2. The fourth-order valence-electron chi connectivity index (χ4n) is 1.61. The van der Waals surface area contributed by atoms with Gasteiger partial charge in [-0.1, -0.05) is 0 Å². The number of rotatable bonds is 3. The summed E-state index contributed by atoms with van der Waals surface area (Å²) in [5.41, 5.74) is 5.49. The van der Waals surface area contributed by atoms with Gasteiger partial charge in [-0.15, -0.1) is 0 Å². The number of nitro groups is 1. The first kappa shape index (κ1) is 12.7. The second kappa shape index (κ2) is 4.85. The van der Waals surface area contributed by atoms with Crippen LogP contribution < -0.4 is 5.73 Å². The number of benzene rings is 2. The van der Waals surface area contributed by atoms with Gasteiger partial charge in [0.05, 0.1) is 4.92 Å². The van der Waals surface area contributed by atoms with E-state index < -0.39 is 16.5 Å². The average molecular weight is 260 g/mol. The molecule has 5 nitrogen and oxygen atoms in total. The van der Waals surface area contributed by atoms with Crippen molar-refractivity contribution in [3.63, 3.8) is 0 Å². The Hall–Kier alpha value is -2.76. The highest BCUT2D eigenvalue weighted by molar-refractivity contribution is 6.09. The molecule has 96 valence electrons. The summed E-state index contributed by atoms with van der Waals surface area (Å²) in [6, 6.07) is 8.75. The van der Waals surface area contributed by atoms with Crippen molar-refractivity contribution in [2.24, 2.45) is 0 Å². The van der Waals surface area contributed by atoms with Crippen LogP contribution in [0, 0.1) is 15.9 Å². The summed E-state index contributed by atoms with van der Waals surface area (Å²) >= 11 is 0. The third-order valence-corrected chi connectivity index (χ3v) is 2.60. The molecular weight excluding hydrogens is 251 g/mol. The van der Waals surface area contributed by atoms with Crippen molar-refractivity contribution in [2.75, 3.05) is 5.73 Å². The molecule has 0 bridgehead atoms. The van der Waals surface area contributed by atoms with Crippen LogP contribution in [0.25, 0.3) is 0 Å². The molecule has 0 fully saturated rings. The van der Waals surface area contributed by atoms with Gasteiger partial charge in [-0.25, -0.2) is 4.39 Å². The molecule has 0 aliphatic heterocycles. The van der Waals surface area contributed by atoms with E-state index in [2.05, 4.69) is 0 Å². The van der Waals surface area contributed by atoms with Crippen molar-refractivity contribution < 1.29 is 14.1 Å². The van der Waals surface area contributed by atoms with Crippen molar-refractivity contribution in [3.05, 3.63) is 69.5 Å². The largest absolute Gasteiger partial charge is 0.393 e. The van der Waals surface area contributed by atoms with E-state index in [4.69, 9.17) is 5.73 Å². The molecule has 0 radical (unpaired) electrons. The predicted octanol–water partition coefficient (Wildman–Crippen LogP) is 2.55. The lowest BCUT2D eigenvalue weighted by molar-refractivity contribution is -0.383. The molecule has 2 N–H and O–H groups in total. The smallest absolute Gasteiger partial charge is 0.292 e. The molecule has 2 aromatic carbocycles. The molecule has 0 heterocycles. The first-order valence-corrected chi connectivity index (χ1v) is 5.33. The van der Waals surface area contributed by atoms with Crippen LogP contribution in [0.1, 0.15) is 15.9 Å². The molecule has 0 spiro atoms. The number of anilines is 1. The van der Waals surface area contributed by atoms with E-state index in [0.29, 0.717) is 0 Å². The molecule has 0 aliphatic rings. The van der Waals surface area contributed by atoms with Crippen LogP contribution in [-0.4, -0.2) is 10.7 Å². The van der Waals surface area contributed by atoms with Crippen LogP contribution in [0.15, 0.2) is 42.5 Å². The Morgan fingerprint density at radius 2 is 1.68 bits per heavy atom. The Morgan fingerprint density at radius 3 is 2.26 bits per heavy atom. The lowest BCUT2D eigenvalue weighted by atomic mass is 10.0. The van der Waals surface area contributed by atoms with E-state index in [9.17, 15) is 19.3 Å². The zero-order valence-corrected chi connectivity index (χ0v) is 9.67. The monoisotopic (exact) mass is 260 g/mol. The molecule has 0 atom stereocenters. The predicted molar refractivity (Wildman–Crippen MR) is 67.3 cm³/mol. The summed E-state index contributed by atoms with van der Waals surface area (Å²) in [4.78, 5) is 22.1. The molecule has 0 aromatic heterocycles.